The van der Waals surface area contributed by atoms with Gasteiger partial charge in [-0.15, -0.1) is 11.3 Å². The van der Waals surface area contributed by atoms with E-state index in [4.69, 9.17) is 16.7 Å². The number of hydrogen-bond donors (Lipinski definition) is 2. The van der Waals surface area contributed by atoms with Crippen LogP contribution in [0.1, 0.15) is 38.4 Å². The number of nitrogens with zero attached hydrogens (tertiary/aromatic N) is 1. The molecular formula is C15H14ClFN2O3S. The van der Waals surface area contributed by atoms with Crippen molar-refractivity contribution in [3.05, 3.63) is 50.2 Å². The highest BCUT2D eigenvalue weighted by Crippen LogP contribution is 2.24. The predicted molar refractivity (Wildman–Crippen MR) is 85.5 cm³/mol. The summed E-state index contributed by atoms with van der Waals surface area (Å²) in [6.45, 7) is 3.53. The van der Waals surface area contributed by atoms with E-state index in [1.807, 2.05) is 0 Å². The molecule has 2 aromatic rings. The van der Waals surface area contributed by atoms with Crippen LogP contribution in [-0.4, -0.2) is 22.0 Å². The van der Waals surface area contributed by atoms with E-state index in [0.717, 1.165) is 16.0 Å². The first-order chi connectivity index (χ1) is 10.8. The lowest BCUT2D eigenvalue weighted by atomic mass is 10.0. The number of rotatable bonds is 5. The SMILES string of the molecule is Cc1nc(C(=O)NC(CC(=O)O)c2ccc(Cl)c(F)c2)c(C)s1. The summed E-state index contributed by atoms with van der Waals surface area (Å²) in [5.74, 6) is -2.28. The number of carbonyl (C=O) groups excluding carboxylic acids is 1. The number of carboxylic acids is 1. The minimum atomic E-state index is -1.11. The molecule has 0 spiro atoms. The molecule has 1 unspecified atom stereocenters. The number of aromatic nitrogens is 1. The molecule has 2 N–H and O–H groups in total. The van der Waals surface area contributed by atoms with Crippen molar-refractivity contribution >= 4 is 34.8 Å². The maximum atomic E-state index is 13.6. The van der Waals surface area contributed by atoms with Crippen LogP contribution in [0.25, 0.3) is 0 Å². The molecule has 0 radical (unpaired) electrons. The summed E-state index contributed by atoms with van der Waals surface area (Å²) >= 11 is 7.00. The van der Waals surface area contributed by atoms with Crippen molar-refractivity contribution in [3.63, 3.8) is 0 Å². The van der Waals surface area contributed by atoms with Gasteiger partial charge in [0.25, 0.3) is 5.91 Å². The Morgan fingerprint density at radius 2 is 2.13 bits per heavy atom. The maximum absolute atomic E-state index is 13.6. The number of benzene rings is 1. The van der Waals surface area contributed by atoms with Gasteiger partial charge in [0.2, 0.25) is 0 Å². The molecule has 0 fully saturated rings. The summed E-state index contributed by atoms with van der Waals surface area (Å²) in [5, 5.41) is 12.3. The van der Waals surface area contributed by atoms with Gasteiger partial charge in [0.1, 0.15) is 11.5 Å². The predicted octanol–water partition coefficient (Wildman–Crippen LogP) is 3.50. The first-order valence-electron chi connectivity index (χ1n) is 6.69. The van der Waals surface area contributed by atoms with E-state index in [-0.39, 0.29) is 17.1 Å². The second-order valence-electron chi connectivity index (χ2n) is 4.94. The number of carboxylic acid groups (broad SMARTS) is 1. The lowest BCUT2D eigenvalue weighted by Crippen LogP contribution is -2.31. The first-order valence-corrected chi connectivity index (χ1v) is 7.89. The Kier molecular flexibility index (Phi) is 5.33. The fourth-order valence-corrected chi connectivity index (χ4v) is 3.05. The average molecular weight is 357 g/mol. The lowest BCUT2D eigenvalue weighted by Gasteiger charge is -2.17. The van der Waals surface area contributed by atoms with Crippen LogP contribution in [0.2, 0.25) is 5.02 Å². The van der Waals surface area contributed by atoms with E-state index >= 15 is 0 Å². The van der Waals surface area contributed by atoms with Gasteiger partial charge in [-0.05, 0) is 31.5 Å². The number of carbonyl (C=O) groups is 2. The Morgan fingerprint density at radius 1 is 1.43 bits per heavy atom. The van der Waals surface area contributed by atoms with Crippen LogP contribution in [0.4, 0.5) is 4.39 Å². The highest BCUT2D eigenvalue weighted by molar-refractivity contribution is 7.11. The molecule has 0 saturated heterocycles. The quantitative estimate of drug-likeness (QED) is 0.859. The van der Waals surface area contributed by atoms with E-state index in [1.165, 1.54) is 23.5 Å². The zero-order chi connectivity index (χ0) is 17.1. The number of hydrogen-bond acceptors (Lipinski definition) is 4. The van der Waals surface area contributed by atoms with Crippen LogP contribution in [0.3, 0.4) is 0 Å². The second kappa shape index (κ2) is 7.06. The number of amides is 1. The van der Waals surface area contributed by atoms with Crippen molar-refractivity contribution in [1.82, 2.24) is 10.3 Å². The molecular weight excluding hydrogens is 343 g/mol. The van der Waals surface area contributed by atoms with Crippen LogP contribution in [0.5, 0.6) is 0 Å². The van der Waals surface area contributed by atoms with E-state index < -0.39 is 23.7 Å². The zero-order valence-electron chi connectivity index (χ0n) is 12.4. The number of nitrogens with one attached hydrogen (secondary N) is 1. The monoisotopic (exact) mass is 356 g/mol. The largest absolute Gasteiger partial charge is 0.481 e. The Morgan fingerprint density at radius 3 is 2.65 bits per heavy atom. The van der Waals surface area contributed by atoms with Crippen molar-refractivity contribution in [2.24, 2.45) is 0 Å². The van der Waals surface area contributed by atoms with Gasteiger partial charge in [0, 0.05) is 4.88 Å². The number of aryl methyl sites for hydroxylation is 2. The van der Waals surface area contributed by atoms with Gasteiger partial charge >= 0.3 is 5.97 Å². The smallest absolute Gasteiger partial charge is 0.305 e. The number of thiazole rings is 1. The van der Waals surface area contributed by atoms with Gasteiger partial charge in [0.15, 0.2) is 0 Å². The van der Waals surface area contributed by atoms with E-state index in [0.29, 0.717) is 5.56 Å². The molecule has 0 bridgehead atoms. The third-order valence-corrected chi connectivity index (χ3v) is 4.34. The summed E-state index contributed by atoms with van der Waals surface area (Å²) in [6.07, 6.45) is -0.380. The van der Waals surface area contributed by atoms with Crippen LogP contribution >= 0.6 is 22.9 Å². The highest BCUT2D eigenvalue weighted by atomic mass is 35.5. The number of halogens is 2. The van der Waals surface area contributed by atoms with Gasteiger partial charge in [-0.3, -0.25) is 9.59 Å². The van der Waals surface area contributed by atoms with Crippen molar-refractivity contribution in [1.29, 1.82) is 0 Å². The Bertz CT molecular complexity index is 763. The van der Waals surface area contributed by atoms with Crippen LogP contribution in [0, 0.1) is 19.7 Å². The molecule has 0 aliphatic carbocycles. The minimum absolute atomic E-state index is 0.0693. The molecule has 0 aliphatic rings. The summed E-state index contributed by atoms with van der Waals surface area (Å²) in [6, 6.07) is 3.05. The zero-order valence-corrected chi connectivity index (χ0v) is 14.0. The maximum Gasteiger partial charge on any atom is 0.305 e. The summed E-state index contributed by atoms with van der Waals surface area (Å²) in [7, 11) is 0. The van der Waals surface area contributed by atoms with Gasteiger partial charge in [0.05, 0.1) is 22.5 Å². The topological polar surface area (TPSA) is 79.3 Å². The van der Waals surface area contributed by atoms with Crippen molar-refractivity contribution in [3.8, 4) is 0 Å². The van der Waals surface area contributed by atoms with Gasteiger partial charge in [-0.25, -0.2) is 9.37 Å². The standard InChI is InChI=1S/C15H14ClFN2O3S/c1-7-14(18-8(2)23-7)15(22)19-12(6-13(20)21)9-3-4-10(16)11(17)5-9/h3-5,12H,6H2,1-2H3,(H,19,22)(H,20,21). The van der Waals surface area contributed by atoms with Gasteiger partial charge in [-0.1, -0.05) is 17.7 Å². The Balaban J connectivity index is 2.28. The number of aliphatic carboxylic acids is 1. The second-order valence-corrected chi connectivity index (χ2v) is 6.75. The van der Waals surface area contributed by atoms with Crippen molar-refractivity contribution in [2.75, 3.05) is 0 Å². The van der Waals surface area contributed by atoms with E-state index in [9.17, 15) is 14.0 Å². The summed E-state index contributed by atoms with van der Waals surface area (Å²) < 4.78 is 13.6. The average Bonchev–Trinajstić information content (AvgIpc) is 2.79. The molecule has 8 heteroatoms. The van der Waals surface area contributed by atoms with Gasteiger partial charge in [-0.2, -0.15) is 0 Å². The molecule has 0 aliphatic heterocycles. The molecule has 122 valence electrons. The van der Waals surface area contributed by atoms with Crippen LogP contribution in [0.15, 0.2) is 18.2 Å². The molecule has 1 aromatic heterocycles. The third-order valence-electron chi connectivity index (χ3n) is 3.15. The van der Waals surface area contributed by atoms with Crippen molar-refractivity contribution in [2.45, 2.75) is 26.3 Å². The Hall–Kier alpha value is -1.99. The molecule has 1 heterocycles. The van der Waals surface area contributed by atoms with Gasteiger partial charge < -0.3 is 10.4 Å². The fraction of sp³-hybridized carbons (Fsp3) is 0.267. The normalized spacial score (nSPS) is 12.0. The molecule has 2 rings (SSSR count). The van der Waals surface area contributed by atoms with Crippen LogP contribution in [-0.2, 0) is 4.79 Å². The van der Waals surface area contributed by atoms with E-state index in [1.54, 1.807) is 13.8 Å². The van der Waals surface area contributed by atoms with E-state index in [2.05, 4.69) is 10.3 Å². The summed E-state index contributed by atoms with van der Waals surface area (Å²) in [4.78, 5) is 28.2. The molecule has 1 atom stereocenters. The molecule has 1 aromatic carbocycles. The highest BCUT2D eigenvalue weighted by Gasteiger charge is 2.22. The van der Waals surface area contributed by atoms with Crippen LogP contribution < -0.4 is 5.32 Å². The Labute approximate surface area is 141 Å². The fourth-order valence-electron chi connectivity index (χ4n) is 2.12. The lowest BCUT2D eigenvalue weighted by molar-refractivity contribution is -0.137. The third kappa shape index (κ3) is 4.27. The minimum Gasteiger partial charge on any atom is -0.481 e. The van der Waals surface area contributed by atoms with Crippen molar-refractivity contribution < 1.29 is 19.1 Å². The molecule has 5 nitrogen and oxygen atoms in total. The molecule has 1 amide bonds. The molecule has 23 heavy (non-hydrogen) atoms. The molecule has 0 saturated carbocycles. The summed E-state index contributed by atoms with van der Waals surface area (Å²) in [5.41, 5.74) is 0.574. The first kappa shape index (κ1) is 17.4.